The maximum atomic E-state index is 11.6. The molecule has 1 aromatic rings. The average molecular weight is 251 g/mol. The zero-order valence-electron chi connectivity index (χ0n) is 10.9. The number of rotatable bonds is 6. The first-order chi connectivity index (χ1) is 8.86. The van der Waals surface area contributed by atoms with Gasteiger partial charge in [-0.3, -0.25) is 4.79 Å². The molecule has 1 aromatic heterocycles. The van der Waals surface area contributed by atoms with Crippen LogP contribution in [0.3, 0.4) is 0 Å². The van der Waals surface area contributed by atoms with Crippen LogP contribution in [0.15, 0.2) is 22.8 Å². The Bertz CT molecular complexity index is 343. The predicted molar refractivity (Wildman–Crippen MR) is 69.3 cm³/mol. The van der Waals surface area contributed by atoms with E-state index in [2.05, 4.69) is 10.6 Å². The van der Waals surface area contributed by atoms with Crippen molar-refractivity contribution in [3.05, 3.63) is 24.2 Å². The van der Waals surface area contributed by atoms with Crippen molar-refractivity contribution in [3.63, 3.8) is 0 Å². The molecule has 1 aliphatic carbocycles. The van der Waals surface area contributed by atoms with Gasteiger partial charge in [0.05, 0.1) is 18.8 Å². The molecule has 3 N–H and O–H groups in total. The molecule has 1 aliphatic rings. The number of carbonyl (C=O) groups is 1. The summed E-state index contributed by atoms with van der Waals surface area (Å²) in [6.07, 6.45) is 9.43. The highest BCUT2D eigenvalue weighted by Gasteiger charge is 2.15. The number of nitrogens with two attached hydrogens (primary N) is 1. The Balaban J connectivity index is 1.52. The molecular formula is C14H23N2O2+. The van der Waals surface area contributed by atoms with Gasteiger partial charge in [-0.25, -0.2) is 0 Å². The largest absolute Gasteiger partial charge is 0.459 e. The molecule has 4 heteroatoms. The summed E-state index contributed by atoms with van der Waals surface area (Å²) >= 11 is 0. The molecule has 0 bridgehead atoms. The second-order valence-corrected chi connectivity index (χ2v) is 5.01. The third kappa shape index (κ3) is 4.18. The summed E-state index contributed by atoms with van der Waals surface area (Å²) < 4.78 is 5.03. The van der Waals surface area contributed by atoms with Crippen LogP contribution in [0.2, 0.25) is 0 Å². The molecule has 0 saturated heterocycles. The molecular weight excluding hydrogens is 228 g/mol. The van der Waals surface area contributed by atoms with E-state index in [1.165, 1.54) is 38.4 Å². The molecule has 100 valence electrons. The molecule has 1 saturated carbocycles. The molecule has 0 unspecified atom stereocenters. The molecule has 2 rings (SSSR count). The van der Waals surface area contributed by atoms with E-state index in [1.807, 2.05) is 0 Å². The first kappa shape index (κ1) is 13.1. The molecule has 0 atom stereocenters. The Morgan fingerprint density at radius 2 is 2.22 bits per heavy atom. The van der Waals surface area contributed by atoms with E-state index in [9.17, 15) is 4.79 Å². The summed E-state index contributed by atoms with van der Waals surface area (Å²) in [7, 11) is 0. The van der Waals surface area contributed by atoms with Gasteiger partial charge < -0.3 is 15.1 Å². The van der Waals surface area contributed by atoms with Crippen molar-refractivity contribution in [2.24, 2.45) is 0 Å². The van der Waals surface area contributed by atoms with Crippen molar-refractivity contribution in [3.8, 4) is 0 Å². The lowest BCUT2D eigenvalue weighted by Gasteiger charge is -2.19. The summed E-state index contributed by atoms with van der Waals surface area (Å²) in [6, 6.07) is 4.23. The summed E-state index contributed by atoms with van der Waals surface area (Å²) in [6.45, 7) is 1.83. The Morgan fingerprint density at radius 3 is 2.94 bits per heavy atom. The Hall–Kier alpha value is -1.29. The van der Waals surface area contributed by atoms with E-state index in [-0.39, 0.29) is 5.91 Å². The van der Waals surface area contributed by atoms with Crippen LogP contribution in [0.1, 0.15) is 49.1 Å². The van der Waals surface area contributed by atoms with Gasteiger partial charge in [-0.1, -0.05) is 6.42 Å². The molecule has 1 fully saturated rings. The summed E-state index contributed by atoms with van der Waals surface area (Å²) in [5.74, 6) is 0.281. The highest BCUT2D eigenvalue weighted by molar-refractivity contribution is 5.91. The van der Waals surface area contributed by atoms with Gasteiger partial charge in [0.1, 0.15) is 0 Å². The Labute approximate surface area is 108 Å². The van der Waals surface area contributed by atoms with Crippen molar-refractivity contribution in [2.75, 3.05) is 13.1 Å². The maximum Gasteiger partial charge on any atom is 0.286 e. The molecule has 4 nitrogen and oxygen atoms in total. The van der Waals surface area contributed by atoms with Crippen LogP contribution in [-0.2, 0) is 0 Å². The summed E-state index contributed by atoms with van der Waals surface area (Å²) in [5, 5.41) is 5.31. The Kier molecular flexibility index (Phi) is 5.27. The normalized spacial score (nSPS) is 16.7. The van der Waals surface area contributed by atoms with Crippen molar-refractivity contribution < 1.29 is 14.5 Å². The minimum atomic E-state index is -0.113. The van der Waals surface area contributed by atoms with Crippen LogP contribution in [-0.4, -0.2) is 25.0 Å². The summed E-state index contributed by atoms with van der Waals surface area (Å²) in [5.41, 5.74) is 0. The number of quaternary nitrogens is 1. The number of amides is 1. The zero-order chi connectivity index (χ0) is 12.6. The van der Waals surface area contributed by atoms with Gasteiger partial charge in [-0.05, 0) is 37.8 Å². The fraction of sp³-hybridized carbons (Fsp3) is 0.643. The van der Waals surface area contributed by atoms with Gasteiger partial charge in [0.15, 0.2) is 5.76 Å². The van der Waals surface area contributed by atoms with Crippen LogP contribution >= 0.6 is 0 Å². The smallest absolute Gasteiger partial charge is 0.286 e. The van der Waals surface area contributed by atoms with E-state index in [0.29, 0.717) is 5.76 Å². The number of hydrogen-bond donors (Lipinski definition) is 2. The van der Waals surface area contributed by atoms with Gasteiger partial charge in [-0.2, -0.15) is 0 Å². The average Bonchev–Trinajstić information content (AvgIpc) is 2.93. The number of carbonyl (C=O) groups excluding carboxylic acids is 1. The second kappa shape index (κ2) is 7.21. The molecule has 0 aliphatic heterocycles. The van der Waals surface area contributed by atoms with Crippen molar-refractivity contribution in [1.29, 1.82) is 0 Å². The highest BCUT2D eigenvalue weighted by atomic mass is 16.3. The van der Waals surface area contributed by atoms with E-state index in [4.69, 9.17) is 4.42 Å². The lowest BCUT2D eigenvalue weighted by Crippen LogP contribution is -2.90. The third-order valence-corrected chi connectivity index (χ3v) is 3.56. The predicted octanol–water partition coefficient (Wildman–Crippen LogP) is 1.30. The topological polar surface area (TPSA) is 58.9 Å². The zero-order valence-corrected chi connectivity index (χ0v) is 10.9. The minimum Gasteiger partial charge on any atom is -0.459 e. The first-order valence-electron chi connectivity index (χ1n) is 7.01. The quantitative estimate of drug-likeness (QED) is 0.749. The third-order valence-electron chi connectivity index (χ3n) is 3.56. The molecule has 0 radical (unpaired) electrons. The van der Waals surface area contributed by atoms with Crippen LogP contribution in [0, 0.1) is 0 Å². The second-order valence-electron chi connectivity index (χ2n) is 5.01. The molecule has 0 spiro atoms. The molecule has 1 amide bonds. The van der Waals surface area contributed by atoms with Gasteiger partial charge in [-0.15, -0.1) is 0 Å². The number of nitrogens with one attached hydrogen (secondary N) is 1. The van der Waals surface area contributed by atoms with Gasteiger partial charge in [0.25, 0.3) is 5.91 Å². The van der Waals surface area contributed by atoms with E-state index >= 15 is 0 Å². The highest BCUT2D eigenvalue weighted by Crippen LogP contribution is 2.14. The van der Waals surface area contributed by atoms with Crippen LogP contribution in [0.5, 0.6) is 0 Å². The van der Waals surface area contributed by atoms with E-state index in [0.717, 1.165) is 25.6 Å². The van der Waals surface area contributed by atoms with Crippen molar-refractivity contribution in [1.82, 2.24) is 5.32 Å². The molecule has 0 aromatic carbocycles. The molecule has 1 heterocycles. The fourth-order valence-corrected chi connectivity index (χ4v) is 2.52. The maximum absolute atomic E-state index is 11.6. The first-order valence-corrected chi connectivity index (χ1v) is 7.01. The lowest BCUT2D eigenvalue weighted by atomic mass is 9.95. The van der Waals surface area contributed by atoms with Gasteiger partial charge in [0, 0.05) is 13.0 Å². The van der Waals surface area contributed by atoms with Crippen molar-refractivity contribution in [2.45, 2.75) is 44.6 Å². The van der Waals surface area contributed by atoms with E-state index < -0.39 is 0 Å². The summed E-state index contributed by atoms with van der Waals surface area (Å²) in [4.78, 5) is 11.6. The fourth-order valence-electron chi connectivity index (χ4n) is 2.52. The number of furan rings is 1. The standard InChI is InChI=1S/C14H22N2O2/c17-14(13-8-4-11-18-13)16-10-5-9-15-12-6-2-1-3-7-12/h4,8,11-12,15H,1-3,5-7,9-10H2,(H,16,17)/p+1. The van der Waals surface area contributed by atoms with E-state index in [1.54, 1.807) is 12.1 Å². The lowest BCUT2D eigenvalue weighted by molar-refractivity contribution is -0.691. The van der Waals surface area contributed by atoms with Crippen LogP contribution in [0.25, 0.3) is 0 Å². The SMILES string of the molecule is O=C(NCCC[NH2+]C1CCCCC1)c1ccco1. The van der Waals surface area contributed by atoms with Gasteiger partial charge >= 0.3 is 0 Å². The van der Waals surface area contributed by atoms with Gasteiger partial charge in [0.2, 0.25) is 0 Å². The van der Waals surface area contributed by atoms with Crippen LogP contribution in [0.4, 0.5) is 0 Å². The Morgan fingerprint density at radius 1 is 1.39 bits per heavy atom. The van der Waals surface area contributed by atoms with Crippen molar-refractivity contribution >= 4 is 5.91 Å². The monoisotopic (exact) mass is 251 g/mol. The molecule has 18 heavy (non-hydrogen) atoms. The van der Waals surface area contributed by atoms with Crippen LogP contribution < -0.4 is 10.6 Å². The minimum absolute atomic E-state index is 0.113. The number of hydrogen-bond acceptors (Lipinski definition) is 2.